The van der Waals surface area contributed by atoms with Crippen LogP contribution in [-0.4, -0.2) is 11.7 Å². The molecule has 0 aliphatic rings. The number of nitrogens with two attached hydrogens (primary N) is 3. The molecule has 0 aliphatic carbocycles. The molecule has 1 aromatic carbocycles. The maximum atomic E-state index is 9.10. The Hall–Kier alpha value is -1.26. The summed E-state index contributed by atoms with van der Waals surface area (Å²) < 4.78 is 0. The molecule has 66 valence electrons. The highest BCUT2D eigenvalue weighted by Gasteiger charge is 2.04. The van der Waals surface area contributed by atoms with E-state index < -0.39 is 0 Å². The topological polar surface area (TPSA) is 98.3 Å². The fraction of sp³-hybridized carbons (Fsp3) is 0.250. The largest absolute Gasteiger partial charge is 0.506 e. The summed E-state index contributed by atoms with van der Waals surface area (Å²) in [7, 11) is 0. The number of phenols is 1. The van der Waals surface area contributed by atoms with E-state index in [1.54, 1.807) is 12.1 Å². The van der Waals surface area contributed by atoms with Crippen LogP contribution in [0.5, 0.6) is 5.75 Å². The Morgan fingerprint density at radius 3 is 2.58 bits per heavy atom. The predicted molar refractivity (Wildman–Crippen MR) is 48.5 cm³/mol. The first-order chi connectivity index (χ1) is 5.65. The average molecular weight is 167 g/mol. The van der Waals surface area contributed by atoms with Crippen molar-refractivity contribution in [3.05, 3.63) is 23.8 Å². The molecule has 0 aromatic heterocycles. The van der Waals surface area contributed by atoms with E-state index in [0.29, 0.717) is 12.2 Å². The van der Waals surface area contributed by atoms with Crippen LogP contribution >= 0.6 is 0 Å². The quantitative estimate of drug-likeness (QED) is 0.366. The Morgan fingerprint density at radius 1 is 1.42 bits per heavy atom. The minimum atomic E-state index is -0.215. The van der Waals surface area contributed by atoms with Crippen LogP contribution < -0.4 is 17.2 Å². The van der Waals surface area contributed by atoms with Crippen molar-refractivity contribution in [2.45, 2.75) is 6.04 Å². The second-order valence-corrected chi connectivity index (χ2v) is 2.66. The summed E-state index contributed by atoms with van der Waals surface area (Å²) in [5, 5.41) is 9.10. The van der Waals surface area contributed by atoms with Crippen LogP contribution in [0.4, 0.5) is 5.69 Å². The fourth-order valence-electron chi connectivity index (χ4n) is 0.940. The van der Waals surface area contributed by atoms with E-state index in [1.165, 1.54) is 6.07 Å². The summed E-state index contributed by atoms with van der Waals surface area (Å²) in [6.07, 6.45) is 0. The van der Waals surface area contributed by atoms with E-state index in [-0.39, 0.29) is 11.8 Å². The standard InChI is InChI=1S/C8H13N3O/c9-4-7(11)5-1-2-8(12)6(10)3-5/h1-3,7,12H,4,9-11H2/t7-/m0/s1. The summed E-state index contributed by atoms with van der Waals surface area (Å²) in [6.45, 7) is 0.365. The zero-order valence-electron chi connectivity index (χ0n) is 6.70. The summed E-state index contributed by atoms with van der Waals surface area (Å²) in [6, 6.07) is 4.64. The Labute approximate surface area is 71.0 Å². The summed E-state index contributed by atoms with van der Waals surface area (Å²) >= 11 is 0. The molecule has 0 amide bonds. The molecule has 0 saturated carbocycles. The van der Waals surface area contributed by atoms with E-state index in [1.807, 2.05) is 0 Å². The van der Waals surface area contributed by atoms with Crippen molar-refractivity contribution >= 4 is 5.69 Å². The molecule has 4 nitrogen and oxygen atoms in total. The number of nitrogen functional groups attached to an aromatic ring is 1. The number of benzene rings is 1. The molecule has 12 heavy (non-hydrogen) atoms. The first-order valence-electron chi connectivity index (χ1n) is 3.69. The van der Waals surface area contributed by atoms with Gasteiger partial charge in [0.1, 0.15) is 5.75 Å². The molecule has 0 spiro atoms. The van der Waals surface area contributed by atoms with Gasteiger partial charge in [-0.15, -0.1) is 0 Å². The number of hydrogen-bond donors (Lipinski definition) is 4. The van der Waals surface area contributed by atoms with Gasteiger partial charge in [-0.3, -0.25) is 0 Å². The van der Waals surface area contributed by atoms with Crippen molar-refractivity contribution in [3.8, 4) is 5.75 Å². The predicted octanol–water partition coefficient (Wildman–Crippen LogP) is -0.0671. The lowest BCUT2D eigenvalue weighted by Gasteiger charge is -2.09. The number of rotatable bonds is 2. The van der Waals surface area contributed by atoms with Crippen molar-refractivity contribution in [2.24, 2.45) is 11.5 Å². The van der Waals surface area contributed by atoms with Crippen molar-refractivity contribution in [1.82, 2.24) is 0 Å². The summed E-state index contributed by atoms with van der Waals surface area (Å²) in [4.78, 5) is 0. The monoisotopic (exact) mass is 167 g/mol. The second-order valence-electron chi connectivity index (χ2n) is 2.66. The van der Waals surface area contributed by atoms with Crippen LogP contribution in [-0.2, 0) is 0 Å². The van der Waals surface area contributed by atoms with Gasteiger partial charge in [-0.05, 0) is 17.7 Å². The van der Waals surface area contributed by atoms with Crippen LogP contribution in [0, 0.1) is 0 Å². The highest BCUT2D eigenvalue weighted by Crippen LogP contribution is 2.22. The molecule has 0 aliphatic heterocycles. The van der Waals surface area contributed by atoms with Crippen LogP contribution in [0.2, 0.25) is 0 Å². The summed E-state index contributed by atoms with van der Waals surface area (Å²) in [5.74, 6) is 0.0722. The molecular weight excluding hydrogens is 154 g/mol. The summed E-state index contributed by atoms with van der Waals surface area (Å²) in [5.41, 5.74) is 17.7. The molecule has 1 atom stereocenters. The van der Waals surface area contributed by atoms with Gasteiger partial charge >= 0.3 is 0 Å². The van der Waals surface area contributed by atoms with E-state index >= 15 is 0 Å². The Balaban J connectivity index is 2.96. The van der Waals surface area contributed by atoms with E-state index in [4.69, 9.17) is 22.3 Å². The minimum absolute atomic E-state index is 0.0722. The highest BCUT2D eigenvalue weighted by molar-refractivity contribution is 5.53. The van der Waals surface area contributed by atoms with E-state index in [0.717, 1.165) is 5.56 Å². The lowest BCUT2D eigenvalue weighted by Crippen LogP contribution is -2.20. The molecular formula is C8H13N3O. The first kappa shape index (κ1) is 8.83. The third kappa shape index (κ3) is 1.66. The molecule has 0 heterocycles. The first-order valence-corrected chi connectivity index (χ1v) is 3.69. The van der Waals surface area contributed by atoms with Gasteiger partial charge in [-0.2, -0.15) is 0 Å². The third-order valence-electron chi connectivity index (χ3n) is 1.73. The van der Waals surface area contributed by atoms with Gasteiger partial charge in [-0.25, -0.2) is 0 Å². The van der Waals surface area contributed by atoms with Gasteiger partial charge in [0.05, 0.1) is 5.69 Å². The maximum Gasteiger partial charge on any atom is 0.138 e. The molecule has 4 heteroatoms. The van der Waals surface area contributed by atoms with Gasteiger partial charge in [0.15, 0.2) is 0 Å². The molecule has 0 radical (unpaired) electrons. The van der Waals surface area contributed by atoms with Gasteiger partial charge in [0, 0.05) is 12.6 Å². The van der Waals surface area contributed by atoms with Gasteiger partial charge in [-0.1, -0.05) is 6.07 Å². The Morgan fingerprint density at radius 2 is 2.08 bits per heavy atom. The van der Waals surface area contributed by atoms with Gasteiger partial charge in [0.25, 0.3) is 0 Å². The van der Waals surface area contributed by atoms with E-state index in [2.05, 4.69) is 0 Å². The normalized spacial score (nSPS) is 12.8. The smallest absolute Gasteiger partial charge is 0.138 e. The minimum Gasteiger partial charge on any atom is -0.506 e. The van der Waals surface area contributed by atoms with Crippen molar-refractivity contribution in [3.63, 3.8) is 0 Å². The highest BCUT2D eigenvalue weighted by atomic mass is 16.3. The van der Waals surface area contributed by atoms with Crippen LogP contribution in [0.15, 0.2) is 18.2 Å². The zero-order valence-corrected chi connectivity index (χ0v) is 6.70. The Bertz CT molecular complexity index is 275. The molecule has 0 fully saturated rings. The zero-order chi connectivity index (χ0) is 9.14. The van der Waals surface area contributed by atoms with Gasteiger partial charge in [0.2, 0.25) is 0 Å². The molecule has 7 N–H and O–H groups in total. The molecule has 0 unspecified atom stereocenters. The number of aromatic hydroxyl groups is 1. The third-order valence-corrected chi connectivity index (χ3v) is 1.73. The molecule has 1 rings (SSSR count). The number of hydrogen-bond acceptors (Lipinski definition) is 4. The lowest BCUT2D eigenvalue weighted by atomic mass is 10.1. The SMILES string of the molecule is NC[C@H](N)c1ccc(O)c(N)c1. The van der Waals surface area contributed by atoms with Crippen LogP contribution in [0.25, 0.3) is 0 Å². The van der Waals surface area contributed by atoms with Crippen molar-refractivity contribution < 1.29 is 5.11 Å². The number of phenolic OH excluding ortho intramolecular Hbond substituents is 1. The lowest BCUT2D eigenvalue weighted by molar-refractivity contribution is 0.477. The average Bonchev–Trinajstić information content (AvgIpc) is 2.08. The molecule has 0 bridgehead atoms. The molecule has 1 aromatic rings. The van der Waals surface area contributed by atoms with E-state index in [9.17, 15) is 0 Å². The second kappa shape index (κ2) is 3.42. The maximum absolute atomic E-state index is 9.10. The van der Waals surface area contributed by atoms with Gasteiger partial charge < -0.3 is 22.3 Å². The van der Waals surface area contributed by atoms with Crippen molar-refractivity contribution in [2.75, 3.05) is 12.3 Å². The number of anilines is 1. The van der Waals surface area contributed by atoms with Crippen LogP contribution in [0.3, 0.4) is 0 Å². The Kier molecular flexibility index (Phi) is 2.52. The fourth-order valence-corrected chi connectivity index (χ4v) is 0.940. The molecule has 0 saturated heterocycles. The van der Waals surface area contributed by atoms with Crippen LogP contribution in [0.1, 0.15) is 11.6 Å². The van der Waals surface area contributed by atoms with Crippen molar-refractivity contribution in [1.29, 1.82) is 0 Å².